The highest BCUT2D eigenvalue weighted by Crippen LogP contribution is 2.44. The van der Waals surface area contributed by atoms with Crippen molar-refractivity contribution in [3.63, 3.8) is 0 Å². The molecule has 3 fully saturated rings. The number of alkyl halides is 3. The Hall–Kier alpha value is -2.11. The zero-order valence-corrected chi connectivity index (χ0v) is 24.8. The van der Waals surface area contributed by atoms with Crippen molar-refractivity contribution in [2.24, 2.45) is 0 Å². The lowest BCUT2D eigenvalue weighted by atomic mass is 10.00. The number of carbonyl (C=O) groups is 2. The maximum atomic E-state index is 14.0. The molecule has 2 aromatic rings. The molecule has 2 saturated heterocycles. The molecule has 0 N–H and O–H groups in total. The summed E-state index contributed by atoms with van der Waals surface area (Å²) in [6.45, 7) is 11.9. The third kappa shape index (κ3) is 5.34. The summed E-state index contributed by atoms with van der Waals surface area (Å²) < 4.78 is 49.9. The molecule has 3 aliphatic rings. The van der Waals surface area contributed by atoms with Gasteiger partial charge in [-0.15, -0.1) is 0 Å². The van der Waals surface area contributed by atoms with Gasteiger partial charge in [0.2, 0.25) is 5.91 Å². The number of halogens is 4. The number of amides is 2. The van der Waals surface area contributed by atoms with Crippen molar-refractivity contribution < 1.29 is 27.2 Å². The fourth-order valence-electron chi connectivity index (χ4n) is 5.41. The Labute approximate surface area is 232 Å². The van der Waals surface area contributed by atoms with Crippen LogP contribution in [0.15, 0.2) is 12.3 Å². The van der Waals surface area contributed by atoms with Gasteiger partial charge in [-0.2, -0.15) is 13.2 Å². The minimum atomic E-state index is -4.64. The van der Waals surface area contributed by atoms with Gasteiger partial charge in [0, 0.05) is 32.3 Å². The molecular formula is C27H36ClF3N4O3Si. The van der Waals surface area contributed by atoms with E-state index in [1.165, 1.54) is 4.40 Å². The number of piperidine rings is 1. The van der Waals surface area contributed by atoms with Gasteiger partial charge < -0.3 is 14.2 Å². The predicted molar refractivity (Wildman–Crippen MR) is 145 cm³/mol. The number of hydrogen-bond acceptors (Lipinski definition) is 4. The van der Waals surface area contributed by atoms with Crippen LogP contribution in [0.1, 0.15) is 80.4 Å². The molecule has 0 aromatic carbocycles. The summed E-state index contributed by atoms with van der Waals surface area (Å²) in [6, 6.07) is 0.972. The predicted octanol–water partition coefficient (Wildman–Crippen LogP) is 6.11. The molecule has 4 heterocycles. The highest BCUT2D eigenvalue weighted by Gasteiger charge is 2.46. The summed E-state index contributed by atoms with van der Waals surface area (Å²) in [7, 11) is -2.27. The molecule has 2 aromatic heterocycles. The van der Waals surface area contributed by atoms with Crippen LogP contribution in [0.5, 0.6) is 0 Å². The number of aromatic nitrogens is 2. The van der Waals surface area contributed by atoms with E-state index in [9.17, 15) is 22.8 Å². The van der Waals surface area contributed by atoms with Gasteiger partial charge in [0.25, 0.3) is 5.91 Å². The number of imidazole rings is 1. The fraction of sp³-hybridized carbons (Fsp3) is 0.667. The SMILES string of the molecule is CC(C)(C)[Si](C)(C)O[C@@H]1CN(C(=O)c2nc3c(C(F)(F)F)cc(C4CC4)cn3c2Cl)CC[C@@H]1N1CCCC1=O. The molecule has 5 rings (SSSR count). The summed E-state index contributed by atoms with van der Waals surface area (Å²) in [6.07, 6.45) is -0.00251. The smallest absolute Gasteiger partial charge is 0.410 e. The van der Waals surface area contributed by atoms with Crippen LogP contribution in [-0.4, -0.2) is 71.1 Å². The Morgan fingerprint density at radius 2 is 1.85 bits per heavy atom. The van der Waals surface area contributed by atoms with Gasteiger partial charge in [0.15, 0.2) is 19.7 Å². The first-order chi connectivity index (χ1) is 18.1. The summed E-state index contributed by atoms with van der Waals surface area (Å²) in [5, 5.41) is -0.210. The van der Waals surface area contributed by atoms with Crippen LogP contribution in [0.2, 0.25) is 23.3 Å². The number of fused-ring (bicyclic) bond motifs is 1. The Balaban J connectivity index is 1.47. The molecular weight excluding hydrogens is 549 g/mol. The first kappa shape index (κ1) is 28.4. The lowest BCUT2D eigenvalue weighted by molar-refractivity contribution is -0.136. The summed E-state index contributed by atoms with van der Waals surface area (Å²) in [5.41, 5.74) is -0.908. The first-order valence-electron chi connectivity index (χ1n) is 13.6. The van der Waals surface area contributed by atoms with Crippen LogP contribution in [-0.2, 0) is 15.4 Å². The van der Waals surface area contributed by atoms with E-state index >= 15 is 0 Å². The molecule has 0 unspecified atom stereocenters. The number of hydrogen-bond donors (Lipinski definition) is 0. The third-order valence-electron chi connectivity index (χ3n) is 8.81. The van der Waals surface area contributed by atoms with Crippen LogP contribution >= 0.6 is 11.6 Å². The van der Waals surface area contributed by atoms with Crippen LogP contribution in [0.25, 0.3) is 5.65 Å². The second kappa shape index (κ2) is 9.76. The van der Waals surface area contributed by atoms with Gasteiger partial charge in [0.05, 0.1) is 17.7 Å². The molecule has 0 bridgehead atoms. The van der Waals surface area contributed by atoms with Crippen LogP contribution in [0.4, 0.5) is 13.2 Å². The van der Waals surface area contributed by atoms with E-state index in [1.54, 1.807) is 11.1 Å². The number of nitrogens with zero attached hydrogens (tertiary/aromatic N) is 4. The molecule has 2 atom stereocenters. The molecule has 39 heavy (non-hydrogen) atoms. The summed E-state index contributed by atoms with van der Waals surface area (Å²) in [4.78, 5) is 34.0. The molecule has 2 amide bonds. The molecule has 1 aliphatic carbocycles. The van der Waals surface area contributed by atoms with Gasteiger partial charge in [-0.05, 0) is 61.4 Å². The van der Waals surface area contributed by atoms with Crippen molar-refractivity contribution in [1.29, 1.82) is 0 Å². The highest BCUT2D eigenvalue weighted by atomic mass is 35.5. The van der Waals surface area contributed by atoms with Gasteiger partial charge in [-0.25, -0.2) is 4.98 Å². The summed E-state index contributed by atoms with van der Waals surface area (Å²) in [5.74, 6) is -0.369. The Morgan fingerprint density at radius 1 is 1.15 bits per heavy atom. The average Bonchev–Trinajstić information content (AvgIpc) is 3.52. The zero-order valence-electron chi connectivity index (χ0n) is 23.1. The van der Waals surface area contributed by atoms with Crippen molar-refractivity contribution in [2.75, 3.05) is 19.6 Å². The summed E-state index contributed by atoms with van der Waals surface area (Å²) >= 11 is 6.55. The molecule has 1 saturated carbocycles. The quantitative estimate of drug-likeness (QED) is 0.398. The van der Waals surface area contributed by atoms with Crippen molar-refractivity contribution in [3.05, 3.63) is 34.2 Å². The van der Waals surface area contributed by atoms with Crippen LogP contribution < -0.4 is 0 Å². The fourth-order valence-corrected chi connectivity index (χ4v) is 7.00. The van der Waals surface area contributed by atoms with Crippen molar-refractivity contribution in [1.82, 2.24) is 19.2 Å². The topological polar surface area (TPSA) is 67.2 Å². The highest BCUT2D eigenvalue weighted by molar-refractivity contribution is 6.74. The van der Waals surface area contributed by atoms with Crippen LogP contribution in [0, 0.1) is 0 Å². The van der Waals surface area contributed by atoms with Crippen LogP contribution in [0.3, 0.4) is 0 Å². The maximum absolute atomic E-state index is 14.0. The van der Waals surface area contributed by atoms with Crippen molar-refractivity contribution >= 4 is 37.4 Å². The van der Waals surface area contributed by atoms with E-state index in [1.807, 2.05) is 4.90 Å². The second-order valence-corrected chi connectivity index (χ2v) is 17.7. The lowest BCUT2D eigenvalue weighted by Gasteiger charge is -2.47. The number of carbonyl (C=O) groups excluding carboxylic acids is 2. The largest absolute Gasteiger partial charge is 0.419 e. The number of likely N-dealkylation sites (tertiary alicyclic amines) is 2. The minimum absolute atomic E-state index is 0.0636. The third-order valence-corrected chi connectivity index (χ3v) is 13.7. The average molecular weight is 585 g/mol. The van der Waals surface area contributed by atoms with Gasteiger partial charge >= 0.3 is 6.18 Å². The lowest BCUT2D eigenvalue weighted by Crippen LogP contribution is -2.60. The molecule has 214 valence electrons. The number of pyridine rings is 1. The molecule has 12 heteroatoms. The standard InChI is InChI=1S/C27H36ClF3N4O3Si/c1-26(2,3)39(4,5)38-20-15-33(12-10-19(20)34-11-6-7-21(34)36)25(37)22-23(28)35-14-17(16-8-9-16)13-18(24(35)32-22)27(29,30)31/h13-14,16,19-20H,6-12,15H2,1-5H3/t19-,20+/m0/s1. The van der Waals surface area contributed by atoms with Crippen molar-refractivity contribution in [2.45, 2.75) is 95.2 Å². The van der Waals surface area contributed by atoms with E-state index in [2.05, 4.69) is 38.8 Å². The Bertz CT molecular complexity index is 1300. The zero-order chi connectivity index (χ0) is 28.5. The minimum Gasteiger partial charge on any atom is -0.410 e. The van der Waals surface area contributed by atoms with E-state index in [0.717, 1.165) is 25.3 Å². The van der Waals surface area contributed by atoms with Crippen molar-refractivity contribution in [3.8, 4) is 0 Å². The van der Waals surface area contributed by atoms with E-state index in [0.29, 0.717) is 31.5 Å². The van der Waals surface area contributed by atoms with E-state index < -0.39 is 32.1 Å². The van der Waals surface area contributed by atoms with E-state index in [4.69, 9.17) is 16.0 Å². The van der Waals surface area contributed by atoms with E-state index in [-0.39, 0.29) is 45.9 Å². The maximum Gasteiger partial charge on any atom is 0.419 e. The van der Waals surface area contributed by atoms with Gasteiger partial charge in [0.1, 0.15) is 5.15 Å². The number of rotatable bonds is 5. The molecule has 0 spiro atoms. The second-order valence-electron chi connectivity index (χ2n) is 12.6. The van der Waals surface area contributed by atoms with Gasteiger partial charge in [-0.3, -0.25) is 14.0 Å². The monoisotopic (exact) mass is 584 g/mol. The normalized spacial score (nSPS) is 23.3. The molecule has 7 nitrogen and oxygen atoms in total. The molecule has 0 radical (unpaired) electrons. The Morgan fingerprint density at radius 3 is 2.41 bits per heavy atom. The Kier molecular flexibility index (Phi) is 7.11. The van der Waals surface area contributed by atoms with Gasteiger partial charge in [-0.1, -0.05) is 32.4 Å². The first-order valence-corrected chi connectivity index (χ1v) is 16.9. The molecule has 2 aliphatic heterocycles.